The molecule has 0 saturated carbocycles. The van der Waals surface area contributed by atoms with E-state index in [0.29, 0.717) is 13.2 Å². The average molecular weight is 208 g/mol. The second-order valence-corrected chi connectivity index (χ2v) is 3.71. The van der Waals surface area contributed by atoms with Crippen molar-refractivity contribution in [3.63, 3.8) is 0 Å². The first-order valence-electron chi connectivity index (χ1n) is 4.30. The summed E-state index contributed by atoms with van der Waals surface area (Å²) in [5.41, 5.74) is 0. The van der Waals surface area contributed by atoms with Gasteiger partial charge in [-0.05, 0) is 13.8 Å². The van der Waals surface area contributed by atoms with Gasteiger partial charge in [-0.1, -0.05) is 6.92 Å². The summed E-state index contributed by atoms with van der Waals surface area (Å²) in [4.78, 5) is 11.1. The number of hydrogen-bond acceptors (Lipinski definition) is 4. The number of hydrogen-bond donors (Lipinski definition) is 0. The lowest BCUT2D eigenvalue weighted by Crippen LogP contribution is -2.21. The first-order valence-corrected chi connectivity index (χ1v) is 5.54. The lowest BCUT2D eigenvalue weighted by molar-refractivity contribution is -0.146. The lowest BCUT2D eigenvalue weighted by atomic mass is 10.2. The number of rotatable bonds is 6. The summed E-state index contributed by atoms with van der Waals surface area (Å²) in [5.74, 6) is -0.491. The largest absolute Gasteiger partial charge is 0.466 e. The zero-order valence-electron chi connectivity index (χ0n) is 8.24. The molecule has 0 amide bonds. The van der Waals surface area contributed by atoms with Crippen LogP contribution in [-0.4, -0.2) is 29.1 Å². The van der Waals surface area contributed by atoms with Gasteiger partial charge >= 0.3 is 5.97 Å². The molecule has 0 spiro atoms. The van der Waals surface area contributed by atoms with Crippen molar-refractivity contribution >= 4 is 17.0 Å². The summed E-state index contributed by atoms with van der Waals surface area (Å²) in [7, 11) is 0. The van der Waals surface area contributed by atoms with E-state index < -0.39 is 11.1 Å². The second-order valence-electron chi connectivity index (χ2n) is 2.53. The van der Waals surface area contributed by atoms with Crippen molar-refractivity contribution in [3.05, 3.63) is 0 Å². The Labute approximate surface area is 81.3 Å². The maximum absolute atomic E-state index is 11.1. The molecule has 78 valence electrons. The Balaban J connectivity index is 3.78. The van der Waals surface area contributed by atoms with Gasteiger partial charge in [0.1, 0.15) is 0 Å². The van der Waals surface area contributed by atoms with E-state index in [1.165, 1.54) is 0 Å². The van der Waals surface area contributed by atoms with Gasteiger partial charge in [-0.3, -0.25) is 8.98 Å². The molecule has 0 aliphatic rings. The maximum Gasteiger partial charge on any atom is 0.309 e. The smallest absolute Gasteiger partial charge is 0.309 e. The van der Waals surface area contributed by atoms with Gasteiger partial charge in [-0.25, -0.2) is 4.21 Å². The molecule has 0 bridgehead atoms. The molecule has 13 heavy (non-hydrogen) atoms. The van der Waals surface area contributed by atoms with Crippen LogP contribution < -0.4 is 0 Å². The van der Waals surface area contributed by atoms with Crippen LogP contribution in [0.2, 0.25) is 0 Å². The third-order valence-electron chi connectivity index (χ3n) is 1.32. The van der Waals surface area contributed by atoms with Crippen LogP contribution in [0.1, 0.15) is 20.8 Å². The normalized spacial score (nSPS) is 15.0. The fourth-order valence-corrected chi connectivity index (χ4v) is 1.64. The van der Waals surface area contributed by atoms with E-state index in [9.17, 15) is 9.00 Å². The molecule has 0 saturated heterocycles. The summed E-state index contributed by atoms with van der Waals surface area (Å²) in [6.45, 7) is 5.92. The molecule has 0 unspecified atom stereocenters. The van der Waals surface area contributed by atoms with Gasteiger partial charge < -0.3 is 4.74 Å². The Morgan fingerprint density at radius 3 is 2.46 bits per heavy atom. The molecule has 0 rings (SSSR count). The summed E-state index contributed by atoms with van der Waals surface area (Å²) in [6.07, 6.45) is 0. The molecule has 0 aliphatic carbocycles. The Hall–Kier alpha value is -0.420. The molecule has 0 heterocycles. The number of esters is 1. The molecular weight excluding hydrogens is 192 g/mol. The highest BCUT2D eigenvalue weighted by atomic mass is 32.2. The van der Waals surface area contributed by atoms with E-state index in [0.717, 1.165) is 0 Å². The van der Waals surface area contributed by atoms with Crippen LogP contribution in [0.3, 0.4) is 0 Å². The van der Waals surface area contributed by atoms with Crippen LogP contribution in [0.4, 0.5) is 0 Å². The van der Waals surface area contributed by atoms with Crippen LogP contribution in [0, 0.1) is 5.92 Å². The predicted octanol–water partition coefficient (Wildman–Crippen LogP) is 0.886. The average Bonchev–Trinajstić information content (AvgIpc) is 2.05. The van der Waals surface area contributed by atoms with Crippen molar-refractivity contribution in [2.75, 3.05) is 19.0 Å². The second kappa shape index (κ2) is 7.03. The lowest BCUT2D eigenvalue weighted by Gasteiger charge is -2.08. The highest BCUT2D eigenvalue weighted by Gasteiger charge is 2.17. The zero-order chi connectivity index (χ0) is 10.3. The molecule has 5 heteroatoms. The van der Waals surface area contributed by atoms with Crippen LogP contribution >= 0.6 is 0 Å². The molecule has 0 N–H and O–H groups in total. The van der Waals surface area contributed by atoms with E-state index in [2.05, 4.69) is 0 Å². The Morgan fingerprint density at radius 2 is 2.00 bits per heavy atom. The highest BCUT2D eigenvalue weighted by molar-refractivity contribution is 7.80. The maximum atomic E-state index is 11.1. The fourth-order valence-electron chi connectivity index (χ4n) is 0.736. The molecular formula is C8H16O4S. The van der Waals surface area contributed by atoms with Crippen LogP contribution in [0.5, 0.6) is 0 Å². The minimum atomic E-state index is -1.38. The van der Waals surface area contributed by atoms with Crippen molar-refractivity contribution in [3.8, 4) is 0 Å². The number of carbonyl (C=O) groups excluding carboxylic acids is 1. The van der Waals surface area contributed by atoms with E-state index in [1.54, 1.807) is 20.8 Å². The van der Waals surface area contributed by atoms with Crippen molar-refractivity contribution < 1.29 is 17.9 Å². The first kappa shape index (κ1) is 12.6. The molecule has 0 aliphatic heterocycles. The van der Waals surface area contributed by atoms with Crippen molar-refractivity contribution in [1.82, 2.24) is 0 Å². The molecule has 0 aromatic heterocycles. The zero-order valence-corrected chi connectivity index (χ0v) is 9.06. The quantitative estimate of drug-likeness (QED) is 0.608. The van der Waals surface area contributed by atoms with Gasteiger partial charge in [0.15, 0.2) is 11.1 Å². The van der Waals surface area contributed by atoms with Gasteiger partial charge in [0, 0.05) is 0 Å². The molecule has 2 atom stereocenters. The van der Waals surface area contributed by atoms with Crippen LogP contribution in [0.15, 0.2) is 0 Å². The predicted molar refractivity (Wildman–Crippen MR) is 50.4 cm³/mol. The van der Waals surface area contributed by atoms with E-state index >= 15 is 0 Å². The van der Waals surface area contributed by atoms with Gasteiger partial charge in [0.2, 0.25) is 0 Å². The Bertz CT molecular complexity index is 181. The van der Waals surface area contributed by atoms with Crippen molar-refractivity contribution in [2.45, 2.75) is 20.8 Å². The third kappa shape index (κ3) is 5.76. The van der Waals surface area contributed by atoms with Crippen molar-refractivity contribution in [2.24, 2.45) is 5.92 Å². The summed E-state index contributed by atoms with van der Waals surface area (Å²) >= 11 is -1.38. The van der Waals surface area contributed by atoms with Crippen LogP contribution in [-0.2, 0) is 24.8 Å². The first-order chi connectivity index (χ1) is 6.11. The molecule has 0 fully saturated rings. The highest BCUT2D eigenvalue weighted by Crippen LogP contribution is 2.02. The molecule has 0 aromatic rings. The minimum Gasteiger partial charge on any atom is -0.466 e. The van der Waals surface area contributed by atoms with Gasteiger partial charge in [-0.2, -0.15) is 0 Å². The summed E-state index contributed by atoms with van der Waals surface area (Å²) < 4.78 is 20.6. The Morgan fingerprint density at radius 1 is 1.38 bits per heavy atom. The molecule has 0 aromatic carbocycles. The third-order valence-corrected chi connectivity index (χ3v) is 2.60. The monoisotopic (exact) mass is 208 g/mol. The Kier molecular flexibility index (Phi) is 6.80. The van der Waals surface area contributed by atoms with Gasteiger partial charge in [0.25, 0.3) is 0 Å². The van der Waals surface area contributed by atoms with E-state index in [-0.39, 0.29) is 17.6 Å². The van der Waals surface area contributed by atoms with Crippen molar-refractivity contribution in [1.29, 1.82) is 0 Å². The summed E-state index contributed by atoms with van der Waals surface area (Å²) in [5, 5.41) is 0. The standard InChI is InChI=1S/C8H16O4S/c1-4-11-8(9)7(3)6-13(10)12-5-2/h7H,4-6H2,1-3H3/t7-,13-/m1/s1. The molecule has 4 nitrogen and oxygen atoms in total. The van der Waals surface area contributed by atoms with E-state index in [1.807, 2.05) is 0 Å². The number of ether oxygens (including phenoxy) is 1. The minimum absolute atomic E-state index is 0.201. The number of carbonyl (C=O) groups is 1. The van der Waals surface area contributed by atoms with Crippen LogP contribution in [0.25, 0.3) is 0 Å². The van der Waals surface area contributed by atoms with E-state index in [4.69, 9.17) is 8.92 Å². The summed E-state index contributed by atoms with van der Waals surface area (Å²) in [6, 6.07) is 0. The SMILES string of the molecule is CCOC(=O)[C@H](C)C[S@](=O)OCC. The van der Waals surface area contributed by atoms with Gasteiger partial charge in [-0.15, -0.1) is 0 Å². The topological polar surface area (TPSA) is 52.6 Å². The molecule has 0 radical (unpaired) electrons. The van der Waals surface area contributed by atoms with Gasteiger partial charge in [0.05, 0.1) is 24.9 Å². The fraction of sp³-hybridized carbons (Fsp3) is 0.875.